The number of rotatable bonds is 10. The Hall–Kier alpha value is -4.39. The predicted molar refractivity (Wildman–Crippen MR) is 186 cm³/mol. The van der Waals surface area contributed by atoms with Crippen LogP contribution in [-0.2, 0) is 0 Å². The van der Waals surface area contributed by atoms with Gasteiger partial charge in [0.2, 0.25) is 11.8 Å². The minimum atomic E-state index is -1.08. The van der Waals surface area contributed by atoms with Gasteiger partial charge in [-0.3, -0.25) is 14.7 Å². The Kier molecular flexibility index (Phi) is 11.3. The number of benzene rings is 3. The molecular formula is C36H40ClF3N6O3. The van der Waals surface area contributed by atoms with Gasteiger partial charge >= 0.3 is 6.09 Å². The van der Waals surface area contributed by atoms with Gasteiger partial charge in [0, 0.05) is 69.2 Å². The fourth-order valence-corrected chi connectivity index (χ4v) is 5.87. The van der Waals surface area contributed by atoms with Crippen molar-refractivity contribution in [3.63, 3.8) is 0 Å². The Morgan fingerprint density at radius 3 is 2.35 bits per heavy atom. The molecule has 9 nitrogen and oxygen atoms in total. The molecule has 13 heteroatoms. The van der Waals surface area contributed by atoms with Gasteiger partial charge in [0.05, 0.1) is 5.69 Å². The van der Waals surface area contributed by atoms with Gasteiger partial charge in [0.15, 0.2) is 11.6 Å². The SMILES string of the molecule is Cc1ccc(-c2cc(OC(=O)N(C)c3c(F)ccc(F)c3Cl)nc(Nc3ccc(OCCN4CCN(C(C)C)CC4)c(F)c3)n2)c(C)c1C. The standard InChI is InChI=1S/C36H40ClF3N6O3/c1-21(2)46-15-13-45(14-16-46)17-18-48-31-12-8-25(19-29(31)40)41-35-42-30(26-9-7-22(3)23(4)24(26)5)20-32(43-35)49-36(47)44(6)34-28(39)11-10-27(38)33(34)37/h7-12,19-21H,13-18H2,1-6H3,(H,41,42,43). The first-order chi connectivity index (χ1) is 23.3. The fraction of sp³-hybridized carbons (Fsp3) is 0.361. The monoisotopic (exact) mass is 696 g/mol. The van der Waals surface area contributed by atoms with Crippen LogP contribution >= 0.6 is 11.6 Å². The summed E-state index contributed by atoms with van der Waals surface area (Å²) in [6, 6.07) is 11.9. The van der Waals surface area contributed by atoms with E-state index >= 15 is 4.39 Å². The third-order valence-corrected chi connectivity index (χ3v) is 9.21. The molecule has 1 amide bonds. The zero-order valence-corrected chi connectivity index (χ0v) is 29.2. The van der Waals surface area contributed by atoms with Crippen molar-refractivity contribution >= 4 is 35.0 Å². The van der Waals surface area contributed by atoms with E-state index in [4.69, 9.17) is 21.1 Å². The molecule has 4 aromatic rings. The normalized spacial score (nSPS) is 13.9. The average molecular weight is 697 g/mol. The topological polar surface area (TPSA) is 83.1 Å². The summed E-state index contributed by atoms with van der Waals surface area (Å²) in [6.07, 6.45) is -1.08. The Morgan fingerprint density at radius 1 is 0.939 bits per heavy atom. The maximum absolute atomic E-state index is 15.2. The molecule has 0 aliphatic carbocycles. The molecule has 1 aliphatic rings. The zero-order valence-electron chi connectivity index (χ0n) is 28.4. The summed E-state index contributed by atoms with van der Waals surface area (Å²) in [7, 11) is 1.19. The number of amides is 1. The van der Waals surface area contributed by atoms with Crippen LogP contribution in [0.2, 0.25) is 5.02 Å². The maximum Gasteiger partial charge on any atom is 0.420 e. The lowest BCUT2D eigenvalue weighted by atomic mass is 9.97. The first kappa shape index (κ1) is 35.9. The zero-order chi connectivity index (χ0) is 35.4. The number of hydrogen-bond donors (Lipinski definition) is 1. The van der Waals surface area contributed by atoms with Crippen LogP contribution in [0.1, 0.15) is 30.5 Å². The summed E-state index contributed by atoms with van der Waals surface area (Å²) < 4.78 is 55.1. The largest absolute Gasteiger partial charge is 0.489 e. The van der Waals surface area contributed by atoms with Crippen molar-refractivity contribution in [3.8, 4) is 22.9 Å². The van der Waals surface area contributed by atoms with Gasteiger partial charge in [0.1, 0.15) is 29.0 Å². The van der Waals surface area contributed by atoms with Gasteiger partial charge in [-0.15, -0.1) is 0 Å². The molecule has 260 valence electrons. The van der Waals surface area contributed by atoms with Gasteiger partial charge in [-0.1, -0.05) is 23.7 Å². The van der Waals surface area contributed by atoms with E-state index in [9.17, 15) is 13.6 Å². The summed E-state index contributed by atoms with van der Waals surface area (Å²) >= 11 is 5.96. The number of aromatic nitrogens is 2. The molecule has 2 heterocycles. The van der Waals surface area contributed by atoms with E-state index in [1.807, 2.05) is 32.9 Å². The third kappa shape index (κ3) is 8.44. The van der Waals surface area contributed by atoms with E-state index in [-0.39, 0.29) is 17.6 Å². The number of ether oxygens (including phenoxy) is 2. The quantitative estimate of drug-likeness (QED) is 0.168. The molecule has 1 saturated heterocycles. The van der Waals surface area contributed by atoms with Crippen molar-refractivity contribution in [3.05, 3.63) is 87.7 Å². The summed E-state index contributed by atoms with van der Waals surface area (Å²) in [5.74, 6) is -2.46. The van der Waals surface area contributed by atoms with E-state index in [1.54, 1.807) is 6.07 Å². The van der Waals surface area contributed by atoms with E-state index in [0.717, 1.165) is 65.5 Å². The summed E-state index contributed by atoms with van der Waals surface area (Å²) in [4.78, 5) is 27.6. The number of carbonyl (C=O) groups excluding carboxylic acids is 1. The number of piperazine rings is 1. The smallest absolute Gasteiger partial charge is 0.420 e. The second kappa shape index (κ2) is 15.4. The Balaban J connectivity index is 1.35. The van der Waals surface area contributed by atoms with Crippen molar-refractivity contribution in [2.24, 2.45) is 0 Å². The Labute approximate surface area is 289 Å². The predicted octanol–water partition coefficient (Wildman–Crippen LogP) is 7.92. The lowest BCUT2D eigenvalue weighted by Crippen LogP contribution is -2.49. The van der Waals surface area contributed by atoms with Gasteiger partial charge < -0.3 is 14.8 Å². The minimum Gasteiger partial charge on any atom is -0.489 e. The van der Waals surface area contributed by atoms with E-state index in [0.29, 0.717) is 30.6 Å². The van der Waals surface area contributed by atoms with Gasteiger partial charge in [-0.25, -0.2) is 22.9 Å². The molecule has 0 unspecified atom stereocenters. The van der Waals surface area contributed by atoms with Crippen LogP contribution < -0.4 is 19.7 Å². The van der Waals surface area contributed by atoms with E-state index in [2.05, 4.69) is 38.9 Å². The van der Waals surface area contributed by atoms with Crippen molar-refractivity contribution in [1.82, 2.24) is 19.8 Å². The highest BCUT2D eigenvalue weighted by Gasteiger charge is 2.24. The lowest BCUT2D eigenvalue weighted by molar-refractivity contribution is 0.0965. The van der Waals surface area contributed by atoms with Crippen LogP contribution in [0.3, 0.4) is 0 Å². The van der Waals surface area contributed by atoms with Crippen LogP contribution in [0.15, 0.2) is 48.5 Å². The number of nitrogens with one attached hydrogen (secondary N) is 1. The number of hydrogen-bond acceptors (Lipinski definition) is 8. The molecular weight excluding hydrogens is 657 g/mol. The maximum atomic E-state index is 15.2. The van der Waals surface area contributed by atoms with Crippen molar-refractivity contribution < 1.29 is 27.4 Å². The highest BCUT2D eigenvalue weighted by Crippen LogP contribution is 2.33. The van der Waals surface area contributed by atoms with Crippen LogP contribution in [0.5, 0.6) is 11.6 Å². The van der Waals surface area contributed by atoms with E-state index < -0.39 is 34.3 Å². The highest BCUT2D eigenvalue weighted by atomic mass is 35.5. The Bertz CT molecular complexity index is 1830. The highest BCUT2D eigenvalue weighted by molar-refractivity contribution is 6.33. The number of halogens is 4. The summed E-state index contributed by atoms with van der Waals surface area (Å²) in [5, 5.41) is 2.41. The Morgan fingerprint density at radius 2 is 1.65 bits per heavy atom. The molecule has 0 atom stereocenters. The minimum absolute atomic E-state index is 0.00385. The second-order valence-electron chi connectivity index (χ2n) is 12.3. The van der Waals surface area contributed by atoms with E-state index in [1.165, 1.54) is 25.2 Å². The van der Waals surface area contributed by atoms with Crippen LogP contribution in [0, 0.1) is 38.2 Å². The van der Waals surface area contributed by atoms with Crippen LogP contribution in [0.25, 0.3) is 11.3 Å². The molecule has 49 heavy (non-hydrogen) atoms. The molecule has 0 bridgehead atoms. The first-order valence-corrected chi connectivity index (χ1v) is 16.4. The molecule has 3 aromatic carbocycles. The molecule has 0 spiro atoms. The third-order valence-electron chi connectivity index (χ3n) is 8.85. The van der Waals surface area contributed by atoms with Crippen LogP contribution in [-0.4, -0.2) is 78.3 Å². The van der Waals surface area contributed by atoms with Crippen molar-refractivity contribution in [2.75, 3.05) is 56.6 Å². The van der Waals surface area contributed by atoms with Crippen LogP contribution in [0.4, 0.5) is 35.3 Å². The fourth-order valence-electron chi connectivity index (χ4n) is 5.59. The summed E-state index contributed by atoms with van der Waals surface area (Å²) in [6.45, 7) is 15.2. The molecule has 1 aromatic heterocycles. The molecule has 1 aliphatic heterocycles. The molecule has 1 fully saturated rings. The lowest BCUT2D eigenvalue weighted by Gasteiger charge is -2.36. The number of anilines is 3. The van der Waals surface area contributed by atoms with Crippen molar-refractivity contribution in [1.29, 1.82) is 0 Å². The van der Waals surface area contributed by atoms with Gasteiger partial charge in [0.25, 0.3) is 0 Å². The van der Waals surface area contributed by atoms with Crippen molar-refractivity contribution in [2.45, 2.75) is 40.7 Å². The summed E-state index contributed by atoms with van der Waals surface area (Å²) in [5.41, 5.74) is 4.08. The first-order valence-electron chi connectivity index (χ1n) is 16.0. The number of nitrogens with zero attached hydrogens (tertiary/aromatic N) is 5. The molecule has 0 radical (unpaired) electrons. The van der Waals surface area contributed by atoms with Gasteiger partial charge in [-0.2, -0.15) is 4.98 Å². The molecule has 1 N–H and O–H groups in total. The number of aryl methyl sites for hydroxylation is 1. The molecule has 5 rings (SSSR count). The second-order valence-corrected chi connectivity index (χ2v) is 12.7. The average Bonchev–Trinajstić information content (AvgIpc) is 3.06. The molecule has 0 saturated carbocycles. The number of carbonyl (C=O) groups is 1. The van der Waals surface area contributed by atoms with Gasteiger partial charge in [-0.05, 0) is 75.6 Å².